The van der Waals surface area contributed by atoms with Crippen molar-refractivity contribution in [3.8, 4) is 0 Å². The number of fused-ring (bicyclic) bond motifs is 1. The normalized spacial score (nSPS) is 18.8. The molecule has 2 aromatic rings. The molecule has 0 saturated carbocycles. The van der Waals surface area contributed by atoms with Crippen molar-refractivity contribution in [2.75, 3.05) is 23.4 Å². The van der Waals surface area contributed by atoms with E-state index >= 15 is 0 Å². The maximum atomic E-state index is 10.7. The van der Waals surface area contributed by atoms with Crippen molar-refractivity contribution in [1.29, 1.82) is 0 Å². The minimum absolute atomic E-state index is 0.0161. The molecule has 0 radical (unpaired) electrons. The summed E-state index contributed by atoms with van der Waals surface area (Å²) in [6.45, 7) is 0.835. The molecule has 7 heteroatoms. The molecule has 6 nitrogen and oxygen atoms in total. The van der Waals surface area contributed by atoms with E-state index in [1.165, 1.54) is 30.1 Å². The smallest absolute Gasteiger partial charge is 0.295 e. The highest BCUT2D eigenvalue weighted by Gasteiger charge is 2.16. The Bertz CT molecular complexity index is 607. The summed E-state index contributed by atoms with van der Waals surface area (Å²) in [5, 5.41) is 13.8. The second-order valence-electron chi connectivity index (χ2n) is 4.54. The zero-order chi connectivity index (χ0) is 13.2. The largest absolute Gasteiger partial charge is 0.423 e. The van der Waals surface area contributed by atoms with E-state index in [9.17, 15) is 10.1 Å². The fraction of sp³-hybridized carbons (Fsp3) is 0.417. The molecule has 1 aliphatic heterocycles. The van der Waals surface area contributed by atoms with E-state index in [-0.39, 0.29) is 5.69 Å². The summed E-state index contributed by atoms with van der Waals surface area (Å²) in [7, 11) is 0. The fourth-order valence-corrected chi connectivity index (χ4v) is 3.36. The first kappa shape index (κ1) is 12.3. The van der Waals surface area contributed by atoms with Gasteiger partial charge in [-0.15, -0.1) is 0 Å². The monoisotopic (exact) mass is 279 g/mol. The van der Waals surface area contributed by atoms with Crippen molar-refractivity contribution in [1.82, 2.24) is 4.98 Å². The highest BCUT2D eigenvalue weighted by Crippen LogP contribution is 2.26. The summed E-state index contributed by atoms with van der Waals surface area (Å²) in [6, 6.07) is 4.88. The molecule has 0 amide bonds. The predicted octanol–water partition coefficient (Wildman–Crippen LogP) is 2.90. The van der Waals surface area contributed by atoms with Gasteiger partial charge in [0, 0.05) is 12.6 Å². The summed E-state index contributed by atoms with van der Waals surface area (Å²) in [5.41, 5.74) is 1.09. The number of benzene rings is 1. The summed E-state index contributed by atoms with van der Waals surface area (Å²) in [5.74, 6) is 3.03. The molecule has 1 aromatic carbocycles. The number of thioether (sulfide) groups is 1. The lowest BCUT2D eigenvalue weighted by Crippen LogP contribution is -2.13. The number of nitro benzene ring substituents is 1. The molecule has 0 aliphatic carbocycles. The molecule has 2 heterocycles. The molecule has 1 unspecified atom stereocenters. The number of nitrogens with one attached hydrogen (secondary N) is 1. The first-order valence-corrected chi connectivity index (χ1v) is 7.24. The molecule has 1 aliphatic rings. The molecule has 1 atom stereocenters. The predicted molar refractivity (Wildman–Crippen MR) is 74.6 cm³/mol. The molecule has 19 heavy (non-hydrogen) atoms. The molecule has 1 fully saturated rings. The van der Waals surface area contributed by atoms with E-state index in [2.05, 4.69) is 10.3 Å². The number of hydrogen-bond acceptors (Lipinski definition) is 6. The summed E-state index contributed by atoms with van der Waals surface area (Å²) < 4.78 is 5.49. The second-order valence-corrected chi connectivity index (χ2v) is 5.69. The number of nitrogens with zero attached hydrogens (tertiary/aromatic N) is 2. The van der Waals surface area contributed by atoms with Crippen LogP contribution in [0.15, 0.2) is 22.6 Å². The minimum Gasteiger partial charge on any atom is -0.423 e. The highest BCUT2D eigenvalue weighted by atomic mass is 32.2. The number of anilines is 1. The molecular weight excluding hydrogens is 266 g/mol. The van der Waals surface area contributed by atoms with Crippen molar-refractivity contribution in [2.24, 2.45) is 5.92 Å². The number of oxazole rings is 1. The molecule has 3 rings (SSSR count). The third-order valence-electron chi connectivity index (χ3n) is 3.15. The Hall–Kier alpha value is -1.76. The standard InChI is InChI=1S/C12H13N3O3S/c16-15(17)9-1-2-10-11(5-9)18-12(14-10)13-6-8-3-4-19-7-8/h1-2,5,8H,3-4,6-7H2,(H,13,14). The number of rotatable bonds is 4. The summed E-state index contributed by atoms with van der Waals surface area (Å²) >= 11 is 1.96. The van der Waals surface area contributed by atoms with Crippen LogP contribution in [0, 0.1) is 16.0 Å². The topological polar surface area (TPSA) is 81.2 Å². The van der Waals surface area contributed by atoms with Gasteiger partial charge in [-0.1, -0.05) is 0 Å². The fourth-order valence-electron chi connectivity index (χ4n) is 2.08. The van der Waals surface area contributed by atoms with Crippen LogP contribution in [-0.4, -0.2) is 28.0 Å². The van der Waals surface area contributed by atoms with E-state index in [0.29, 0.717) is 23.0 Å². The van der Waals surface area contributed by atoms with Crippen molar-refractivity contribution in [3.63, 3.8) is 0 Å². The lowest BCUT2D eigenvalue weighted by Gasteiger charge is -2.07. The minimum atomic E-state index is -0.440. The van der Waals surface area contributed by atoms with Crippen LogP contribution in [0.5, 0.6) is 0 Å². The lowest BCUT2D eigenvalue weighted by molar-refractivity contribution is -0.384. The third-order valence-corrected chi connectivity index (χ3v) is 4.38. The first-order valence-electron chi connectivity index (χ1n) is 6.09. The first-order chi connectivity index (χ1) is 9.22. The van der Waals surface area contributed by atoms with Crippen molar-refractivity contribution in [2.45, 2.75) is 6.42 Å². The van der Waals surface area contributed by atoms with Crippen LogP contribution in [0.25, 0.3) is 11.1 Å². The molecule has 0 spiro atoms. The molecule has 1 N–H and O–H groups in total. The van der Waals surface area contributed by atoms with Gasteiger partial charge in [-0.2, -0.15) is 16.7 Å². The van der Waals surface area contributed by atoms with E-state index in [1.807, 2.05) is 11.8 Å². The van der Waals surface area contributed by atoms with Gasteiger partial charge in [0.25, 0.3) is 11.7 Å². The molecule has 0 bridgehead atoms. The van der Waals surface area contributed by atoms with Gasteiger partial charge in [0.05, 0.1) is 11.0 Å². The Morgan fingerprint density at radius 2 is 2.47 bits per heavy atom. The van der Waals surface area contributed by atoms with Crippen molar-refractivity contribution >= 4 is 34.6 Å². The Balaban J connectivity index is 1.75. The van der Waals surface area contributed by atoms with Crippen molar-refractivity contribution < 1.29 is 9.34 Å². The molecular formula is C12H13N3O3S. The average molecular weight is 279 g/mol. The van der Waals surface area contributed by atoms with Gasteiger partial charge in [-0.3, -0.25) is 10.1 Å². The quantitative estimate of drug-likeness (QED) is 0.684. The summed E-state index contributed by atoms with van der Waals surface area (Å²) in [4.78, 5) is 14.5. The van der Waals surface area contributed by atoms with Crippen LogP contribution in [0.4, 0.5) is 11.7 Å². The number of hydrogen-bond donors (Lipinski definition) is 1. The van der Waals surface area contributed by atoms with E-state index in [0.717, 1.165) is 6.54 Å². The van der Waals surface area contributed by atoms with Crippen molar-refractivity contribution in [3.05, 3.63) is 28.3 Å². The van der Waals surface area contributed by atoms with Crippen LogP contribution in [0.1, 0.15) is 6.42 Å². The van der Waals surface area contributed by atoms with Crippen LogP contribution in [0.2, 0.25) is 0 Å². The Labute approximate surface area is 113 Å². The van der Waals surface area contributed by atoms with Gasteiger partial charge in [0.15, 0.2) is 5.58 Å². The average Bonchev–Trinajstić information content (AvgIpc) is 3.04. The molecule has 1 saturated heterocycles. The second kappa shape index (κ2) is 5.08. The third kappa shape index (κ3) is 2.65. The van der Waals surface area contributed by atoms with Crippen LogP contribution >= 0.6 is 11.8 Å². The molecule has 100 valence electrons. The van der Waals surface area contributed by atoms with Gasteiger partial charge in [0.1, 0.15) is 5.52 Å². The van der Waals surface area contributed by atoms with E-state index < -0.39 is 4.92 Å². The van der Waals surface area contributed by atoms with Crippen LogP contribution in [-0.2, 0) is 0 Å². The number of aromatic nitrogens is 1. The van der Waals surface area contributed by atoms with Crippen LogP contribution in [0.3, 0.4) is 0 Å². The van der Waals surface area contributed by atoms with E-state index in [4.69, 9.17) is 4.42 Å². The Morgan fingerprint density at radius 3 is 3.21 bits per heavy atom. The van der Waals surface area contributed by atoms with Crippen LogP contribution < -0.4 is 5.32 Å². The maximum absolute atomic E-state index is 10.7. The zero-order valence-corrected chi connectivity index (χ0v) is 11.0. The van der Waals surface area contributed by atoms with Gasteiger partial charge in [0.2, 0.25) is 0 Å². The maximum Gasteiger partial charge on any atom is 0.295 e. The number of non-ortho nitro benzene ring substituents is 1. The van der Waals surface area contributed by atoms with E-state index in [1.54, 1.807) is 6.07 Å². The SMILES string of the molecule is O=[N+]([O-])c1ccc2nc(NCC3CCSC3)oc2c1. The summed E-state index contributed by atoms with van der Waals surface area (Å²) in [6.07, 6.45) is 1.21. The highest BCUT2D eigenvalue weighted by molar-refractivity contribution is 7.99. The lowest BCUT2D eigenvalue weighted by atomic mass is 10.1. The zero-order valence-electron chi connectivity index (χ0n) is 10.2. The Morgan fingerprint density at radius 1 is 1.58 bits per heavy atom. The van der Waals surface area contributed by atoms with Gasteiger partial charge < -0.3 is 9.73 Å². The Kier molecular flexibility index (Phi) is 3.29. The van der Waals surface area contributed by atoms with Gasteiger partial charge >= 0.3 is 0 Å². The van der Waals surface area contributed by atoms with Gasteiger partial charge in [-0.25, -0.2) is 0 Å². The molecule has 1 aromatic heterocycles. The number of nitro groups is 1. The van der Waals surface area contributed by atoms with Gasteiger partial charge in [-0.05, 0) is 29.9 Å².